The van der Waals surface area contributed by atoms with Crippen LogP contribution in [0.1, 0.15) is 17.0 Å². The SMILES string of the molecule is Cc1ccc(C)c(-n2c(C)nnc2SCC(=O)N2CCN(c3ncccc3Cl)CC2)c1. The number of halogens is 1. The van der Waals surface area contributed by atoms with Gasteiger partial charge in [-0.15, -0.1) is 10.2 Å². The Hall–Kier alpha value is -2.58. The molecule has 0 saturated carbocycles. The Kier molecular flexibility index (Phi) is 6.48. The molecule has 1 aromatic carbocycles. The standard InChI is InChI=1S/C22H25ClN6OS/c1-15-6-7-16(2)19(13-15)29-17(3)25-26-22(29)31-14-20(30)27-9-11-28(12-10-27)21-18(23)5-4-8-24-21/h4-8,13H,9-12,14H2,1-3H3. The van der Waals surface area contributed by atoms with Gasteiger partial charge in [-0.3, -0.25) is 9.36 Å². The van der Waals surface area contributed by atoms with Crippen molar-refractivity contribution in [3.63, 3.8) is 0 Å². The molecule has 4 rings (SSSR count). The maximum Gasteiger partial charge on any atom is 0.233 e. The van der Waals surface area contributed by atoms with Crippen LogP contribution in [0.5, 0.6) is 0 Å². The minimum atomic E-state index is 0.102. The van der Waals surface area contributed by atoms with Gasteiger partial charge >= 0.3 is 0 Å². The van der Waals surface area contributed by atoms with Crippen molar-refractivity contribution in [3.05, 3.63) is 58.5 Å². The number of nitrogens with zero attached hydrogens (tertiary/aromatic N) is 6. The van der Waals surface area contributed by atoms with Crippen LogP contribution in [0, 0.1) is 20.8 Å². The summed E-state index contributed by atoms with van der Waals surface area (Å²) >= 11 is 7.69. The van der Waals surface area contributed by atoms with Crippen LogP contribution in [0.4, 0.5) is 5.82 Å². The first-order valence-electron chi connectivity index (χ1n) is 10.2. The molecule has 1 aliphatic heterocycles. The molecule has 0 unspecified atom stereocenters. The van der Waals surface area contributed by atoms with Crippen LogP contribution in [-0.2, 0) is 4.79 Å². The zero-order chi connectivity index (χ0) is 22.0. The fourth-order valence-electron chi connectivity index (χ4n) is 3.67. The van der Waals surface area contributed by atoms with Gasteiger partial charge < -0.3 is 9.80 Å². The van der Waals surface area contributed by atoms with Crippen molar-refractivity contribution in [1.82, 2.24) is 24.6 Å². The van der Waals surface area contributed by atoms with Gasteiger partial charge in [-0.2, -0.15) is 0 Å². The normalized spacial score (nSPS) is 14.2. The van der Waals surface area contributed by atoms with E-state index in [0.717, 1.165) is 28.0 Å². The number of aromatic nitrogens is 4. The number of pyridine rings is 1. The minimum Gasteiger partial charge on any atom is -0.352 e. The molecule has 1 aliphatic rings. The monoisotopic (exact) mass is 456 g/mol. The van der Waals surface area contributed by atoms with E-state index in [4.69, 9.17) is 11.6 Å². The van der Waals surface area contributed by atoms with Crippen molar-refractivity contribution in [2.45, 2.75) is 25.9 Å². The van der Waals surface area contributed by atoms with E-state index in [1.807, 2.05) is 28.5 Å². The highest BCUT2D eigenvalue weighted by atomic mass is 35.5. The second-order valence-electron chi connectivity index (χ2n) is 7.62. The number of carbonyl (C=O) groups excluding carboxylic acids is 1. The Bertz CT molecular complexity index is 1090. The Balaban J connectivity index is 1.39. The number of hydrogen-bond donors (Lipinski definition) is 0. The third kappa shape index (κ3) is 4.70. The van der Waals surface area contributed by atoms with E-state index >= 15 is 0 Å². The Morgan fingerprint density at radius 1 is 1.10 bits per heavy atom. The summed E-state index contributed by atoms with van der Waals surface area (Å²) in [6, 6.07) is 9.97. The van der Waals surface area contributed by atoms with Crippen molar-refractivity contribution in [2.24, 2.45) is 0 Å². The van der Waals surface area contributed by atoms with E-state index in [0.29, 0.717) is 37.0 Å². The largest absolute Gasteiger partial charge is 0.352 e. The molecule has 3 aromatic rings. The fraction of sp³-hybridized carbons (Fsp3) is 0.364. The summed E-state index contributed by atoms with van der Waals surface area (Å²) in [6.07, 6.45) is 1.74. The Morgan fingerprint density at radius 3 is 2.61 bits per heavy atom. The molecular formula is C22H25ClN6OS. The van der Waals surface area contributed by atoms with Crippen LogP contribution in [0.3, 0.4) is 0 Å². The zero-order valence-electron chi connectivity index (χ0n) is 17.9. The summed E-state index contributed by atoms with van der Waals surface area (Å²) < 4.78 is 2.03. The molecule has 1 amide bonds. The van der Waals surface area contributed by atoms with Crippen molar-refractivity contribution in [1.29, 1.82) is 0 Å². The Labute approximate surface area is 191 Å². The molecule has 0 atom stereocenters. The van der Waals surface area contributed by atoms with Crippen LogP contribution < -0.4 is 4.90 Å². The molecule has 0 bridgehead atoms. The summed E-state index contributed by atoms with van der Waals surface area (Å²) in [5.74, 6) is 2.02. The van der Waals surface area contributed by atoms with Crippen LogP contribution in [0.15, 0.2) is 41.7 Å². The smallest absolute Gasteiger partial charge is 0.233 e. The summed E-state index contributed by atoms with van der Waals surface area (Å²) in [4.78, 5) is 21.2. The maximum absolute atomic E-state index is 12.8. The molecule has 7 nitrogen and oxygen atoms in total. The van der Waals surface area contributed by atoms with E-state index in [1.54, 1.807) is 6.20 Å². The molecule has 1 fully saturated rings. The van der Waals surface area contributed by atoms with Gasteiger partial charge in [0.2, 0.25) is 5.91 Å². The van der Waals surface area contributed by atoms with Gasteiger partial charge in [0.1, 0.15) is 11.6 Å². The lowest BCUT2D eigenvalue weighted by atomic mass is 10.1. The average Bonchev–Trinajstić information content (AvgIpc) is 3.14. The summed E-state index contributed by atoms with van der Waals surface area (Å²) in [6.45, 7) is 8.79. The number of carbonyl (C=O) groups is 1. The van der Waals surface area contributed by atoms with Crippen LogP contribution in [0.25, 0.3) is 5.69 Å². The molecular weight excluding hydrogens is 432 g/mol. The van der Waals surface area contributed by atoms with Crippen molar-refractivity contribution >= 4 is 35.1 Å². The number of benzene rings is 1. The number of hydrogen-bond acceptors (Lipinski definition) is 6. The molecule has 3 heterocycles. The highest BCUT2D eigenvalue weighted by Crippen LogP contribution is 2.26. The van der Waals surface area contributed by atoms with Gasteiger partial charge in [-0.1, -0.05) is 35.5 Å². The predicted octanol–water partition coefficient (Wildman–Crippen LogP) is 3.68. The quantitative estimate of drug-likeness (QED) is 0.545. The highest BCUT2D eigenvalue weighted by molar-refractivity contribution is 7.99. The molecule has 2 aromatic heterocycles. The minimum absolute atomic E-state index is 0.102. The Morgan fingerprint density at radius 2 is 1.87 bits per heavy atom. The van der Waals surface area contributed by atoms with Crippen molar-refractivity contribution in [2.75, 3.05) is 36.8 Å². The van der Waals surface area contributed by atoms with Gasteiger partial charge in [0, 0.05) is 32.4 Å². The van der Waals surface area contributed by atoms with Gasteiger partial charge in [0.15, 0.2) is 5.16 Å². The summed E-state index contributed by atoms with van der Waals surface area (Å²) in [5, 5.41) is 9.94. The second-order valence-corrected chi connectivity index (χ2v) is 8.97. The molecule has 0 aliphatic carbocycles. The molecule has 0 N–H and O–H groups in total. The first-order valence-corrected chi connectivity index (χ1v) is 11.6. The molecule has 31 heavy (non-hydrogen) atoms. The lowest BCUT2D eigenvalue weighted by Crippen LogP contribution is -2.49. The van der Waals surface area contributed by atoms with Crippen molar-refractivity contribution in [3.8, 4) is 5.69 Å². The molecule has 9 heteroatoms. The van der Waals surface area contributed by atoms with Gasteiger partial charge in [-0.05, 0) is 50.1 Å². The fourth-order valence-corrected chi connectivity index (χ4v) is 4.80. The molecule has 0 spiro atoms. The number of thioether (sulfide) groups is 1. The lowest BCUT2D eigenvalue weighted by molar-refractivity contribution is -0.128. The van der Waals surface area contributed by atoms with Crippen LogP contribution in [-0.4, -0.2) is 62.5 Å². The van der Waals surface area contributed by atoms with Gasteiger partial charge in [0.05, 0.1) is 16.5 Å². The predicted molar refractivity (Wildman–Crippen MR) is 124 cm³/mol. The van der Waals surface area contributed by atoms with Gasteiger partial charge in [-0.25, -0.2) is 4.98 Å². The number of amides is 1. The maximum atomic E-state index is 12.8. The van der Waals surface area contributed by atoms with Crippen molar-refractivity contribution < 1.29 is 4.79 Å². The number of aryl methyl sites for hydroxylation is 3. The first kappa shape index (κ1) is 21.6. The summed E-state index contributed by atoms with van der Waals surface area (Å²) in [7, 11) is 0. The molecule has 0 radical (unpaired) electrons. The number of rotatable bonds is 5. The van der Waals surface area contributed by atoms with Crippen LogP contribution in [0.2, 0.25) is 5.02 Å². The highest BCUT2D eigenvalue weighted by Gasteiger charge is 2.24. The van der Waals surface area contributed by atoms with Crippen LogP contribution >= 0.6 is 23.4 Å². The lowest BCUT2D eigenvalue weighted by Gasteiger charge is -2.35. The molecule has 1 saturated heterocycles. The number of anilines is 1. The van der Waals surface area contributed by atoms with E-state index in [2.05, 4.69) is 52.1 Å². The van der Waals surface area contributed by atoms with E-state index in [9.17, 15) is 4.79 Å². The third-order valence-corrected chi connectivity index (χ3v) is 6.61. The van der Waals surface area contributed by atoms with E-state index in [-0.39, 0.29) is 5.91 Å². The molecule has 162 valence electrons. The third-order valence-electron chi connectivity index (χ3n) is 5.40. The first-order chi connectivity index (χ1) is 14.9. The van der Waals surface area contributed by atoms with Gasteiger partial charge in [0.25, 0.3) is 0 Å². The summed E-state index contributed by atoms with van der Waals surface area (Å²) in [5.41, 5.74) is 3.37. The second kappa shape index (κ2) is 9.28. The topological polar surface area (TPSA) is 67.2 Å². The average molecular weight is 457 g/mol. The number of piperazine rings is 1. The zero-order valence-corrected chi connectivity index (χ0v) is 19.4. The van der Waals surface area contributed by atoms with E-state index in [1.165, 1.54) is 17.3 Å². The van der Waals surface area contributed by atoms with E-state index < -0.39 is 0 Å².